The Labute approximate surface area is 154 Å². The first-order chi connectivity index (χ1) is 12.5. The van der Waals surface area contributed by atoms with E-state index in [9.17, 15) is 4.79 Å². The van der Waals surface area contributed by atoms with Gasteiger partial charge in [0.25, 0.3) is 5.91 Å². The molecular formula is C19H26N4O3. The lowest BCUT2D eigenvalue weighted by molar-refractivity contribution is 0.0950. The van der Waals surface area contributed by atoms with E-state index in [2.05, 4.69) is 15.6 Å². The van der Waals surface area contributed by atoms with E-state index in [0.717, 1.165) is 12.1 Å². The fourth-order valence-corrected chi connectivity index (χ4v) is 2.31. The second-order valence-electron chi connectivity index (χ2n) is 6.03. The Morgan fingerprint density at radius 2 is 1.88 bits per heavy atom. The summed E-state index contributed by atoms with van der Waals surface area (Å²) in [7, 11) is 7.15. The lowest BCUT2D eigenvalue weighted by atomic mass is 10.2. The predicted octanol–water partition coefficient (Wildman–Crippen LogP) is 2.00. The zero-order valence-corrected chi connectivity index (χ0v) is 15.7. The Morgan fingerprint density at radius 1 is 1.12 bits per heavy atom. The standard InChI is InChI=1S/C19H26N4O3/c1-23(2)10-9-20-19(24)15-6-8-18(22-13-15)21-12-14-5-7-16(25-3)17(11-14)26-4/h5-8,11,13H,9-10,12H2,1-4H3,(H,20,24)(H,21,22). The zero-order valence-electron chi connectivity index (χ0n) is 15.7. The van der Waals surface area contributed by atoms with Crippen LogP contribution in [0.4, 0.5) is 5.82 Å². The Kier molecular flexibility index (Phi) is 7.23. The minimum absolute atomic E-state index is 0.120. The molecular weight excluding hydrogens is 332 g/mol. The van der Waals surface area contributed by atoms with Crippen LogP contribution in [0.2, 0.25) is 0 Å². The third kappa shape index (κ3) is 5.63. The van der Waals surface area contributed by atoms with Gasteiger partial charge in [-0.2, -0.15) is 0 Å². The van der Waals surface area contributed by atoms with Crippen LogP contribution in [0.15, 0.2) is 36.5 Å². The van der Waals surface area contributed by atoms with Gasteiger partial charge in [-0.1, -0.05) is 6.07 Å². The number of anilines is 1. The largest absolute Gasteiger partial charge is 0.493 e. The molecule has 0 atom stereocenters. The number of carbonyl (C=O) groups is 1. The topological polar surface area (TPSA) is 75.7 Å². The number of ether oxygens (including phenoxy) is 2. The fraction of sp³-hybridized carbons (Fsp3) is 0.368. The SMILES string of the molecule is COc1ccc(CNc2ccc(C(=O)NCCN(C)C)cn2)cc1OC. The van der Waals surface area contributed by atoms with Crippen molar-refractivity contribution < 1.29 is 14.3 Å². The number of nitrogens with one attached hydrogen (secondary N) is 2. The summed E-state index contributed by atoms with van der Waals surface area (Å²) in [5, 5.41) is 6.09. The summed E-state index contributed by atoms with van der Waals surface area (Å²) in [5.74, 6) is 1.96. The predicted molar refractivity (Wildman–Crippen MR) is 102 cm³/mol. The Balaban J connectivity index is 1.90. The number of hydrogen-bond acceptors (Lipinski definition) is 6. The average Bonchev–Trinajstić information content (AvgIpc) is 2.66. The van der Waals surface area contributed by atoms with Gasteiger partial charge in [-0.05, 0) is 43.9 Å². The van der Waals surface area contributed by atoms with Crippen molar-refractivity contribution in [3.05, 3.63) is 47.7 Å². The van der Waals surface area contributed by atoms with Crippen molar-refractivity contribution in [1.82, 2.24) is 15.2 Å². The first-order valence-electron chi connectivity index (χ1n) is 8.37. The van der Waals surface area contributed by atoms with Crippen LogP contribution < -0.4 is 20.1 Å². The number of methoxy groups -OCH3 is 2. The van der Waals surface area contributed by atoms with Crippen LogP contribution in [0.25, 0.3) is 0 Å². The maximum atomic E-state index is 12.0. The van der Waals surface area contributed by atoms with Crippen molar-refractivity contribution >= 4 is 11.7 Å². The minimum Gasteiger partial charge on any atom is -0.493 e. The molecule has 0 aliphatic heterocycles. The molecule has 0 saturated heterocycles. The summed E-state index contributed by atoms with van der Waals surface area (Å²) >= 11 is 0. The molecule has 0 radical (unpaired) electrons. The van der Waals surface area contributed by atoms with Crippen LogP contribution in [-0.4, -0.2) is 57.2 Å². The van der Waals surface area contributed by atoms with E-state index >= 15 is 0 Å². The van der Waals surface area contributed by atoms with Crippen LogP contribution >= 0.6 is 0 Å². The summed E-state index contributed by atoms with van der Waals surface area (Å²) in [6, 6.07) is 9.29. The highest BCUT2D eigenvalue weighted by molar-refractivity contribution is 5.94. The van der Waals surface area contributed by atoms with Gasteiger partial charge in [-0.25, -0.2) is 4.98 Å². The lowest BCUT2D eigenvalue weighted by Gasteiger charge is -2.11. The second kappa shape index (κ2) is 9.62. The number of amides is 1. The summed E-state index contributed by atoms with van der Waals surface area (Å²) in [6.07, 6.45) is 1.57. The average molecular weight is 358 g/mol. The van der Waals surface area contributed by atoms with Gasteiger partial charge in [0.2, 0.25) is 0 Å². The molecule has 2 aromatic rings. The third-order valence-corrected chi connectivity index (χ3v) is 3.79. The van der Waals surface area contributed by atoms with E-state index in [1.807, 2.05) is 37.2 Å². The molecule has 0 aliphatic carbocycles. The first kappa shape index (κ1) is 19.5. The van der Waals surface area contributed by atoms with Crippen LogP contribution in [0.3, 0.4) is 0 Å². The van der Waals surface area contributed by atoms with Gasteiger partial charge in [0.15, 0.2) is 11.5 Å². The summed E-state index contributed by atoms with van der Waals surface area (Å²) in [4.78, 5) is 18.3. The van der Waals surface area contributed by atoms with Gasteiger partial charge in [-0.15, -0.1) is 0 Å². The molecule has 7 heteroatoms. The summed E-state index contributed by atoms with van der Waals surface area (Å²) in [6.45, 7) is 1.98. The van der Waals surface area contributed by atoms with E-state index in [4.69, 9.17) is 9.47 Å². The molecule has 0 unspecified atom stereocenters. The van der Waals surface area contributed by atoms with E-state index in [0.29, 0.717) is 36.0 Å². The Hall–Kier alpha value is -2.80. The van der Waals surface area contributed by atoms with Crippen molar-refractivity contribution in [3.63, 3.8) is 0 Å². The molecule has 0 bridgehead atoms. The van der Waals surface area contributed by atoms with E-state index in [1.165, 1.54) is 0 Å². The molecule has 140 valence electrons. The number of aromatic nitrogens is 1. The zero-order chi connectivity index (χ0) is 18.9. The minimum atomic E-state index is -0.120. The van der Waals surface area contributed by atoms with Crippen molar-refractivity contribution in [2.45, 2.75) is 6.54 Å². The number of rotatable bonds is 9. The Bertz CT molecular complexity index is 717. The fourth-order valence-electron chi connectivity index (χ4n) is 2.31. The van der Waals surface area contributed by atoms with Crippen molar-refractivity contribution in [1.29, 1.82) is 0 Å². The first-order valence-corrected chi connectivity index (χ1v) is 8.37. The van der Waals surface area contributed by atoms with E-state index < -0.39 is 0 Å². The molecule has 2 N–H and O–H groups in total. The summed E-state index contributed by atoms with van der Waals surface area (Å²) in [5.41, 5.74) is 1.58. The number of hydrogen-bond donors (Lipinski definition) is 2. The van der Waals surface area contributed by atoms with Gasteiger partial charge in [-0.3, -0.25) is 4.79 Å². The third-order valence-electron chi connectivity index (χ3n) is 3.79. The molecule has 1 heterocycles. The van der Waals surface area contributed by atoms with E-state index in [-0.39, 0.29) is 5.91 Å². The quantitative estimate of drug-likeness (QED) is 0.714. The maximum Gasteiger partial charge on any atom is 0.252 e. The maximum absolute atomic E-state index is 12.0. The number of nitrogens with zero attached hydrogens (tertiary/aromatic N) is 2. The number of benzene rings is 1. The molecule has 1 aromatic heterocycles. The molecule has 7 nitrogen and oxygen atoms in total. The highest BCUT2D eigenvalue weighted by atomic mass is 16.5. The summed E-state index contributed by atoms with van der Waals surface area (Å²) < 4.78 is 10.5. The van der Waals surface area contributed by atoms with Crippen molar-refractivity contribution in [3.8, 4) is 11.5 Å². The van der Waals surface area contributed by atoms with Crippen molar-refractivity contribution in [2.24, 2.45) is 0 Å². The van der Waals surface area contributed by atoms with Crippen LogP contribution in [0.1, 0.15) is 15.9 Å². The second-order valence-corrected chi connectivity index (χ2v) is 6.03. The monoisotopic (exact) mass is 358 g/mol. The number of pyridine rings is 1. The van der Waals surface area contributed by atoms with Gasteiger partial charge in [0, 0.05) is 25.8 Å². The molecule has 1 amide bonds. The molecule has 0 saturated carbocycles. The van der Waals surface area contributed by atoms with Crippen LogP contribution in [-0.2, 0) is 6.54 Å². The highest BCUT2D eigenvalue weighted by Gasteiger charge is 2.07. The number of carbonyl (C=O) groups excluding carboxylic acids is 1. The molecule has 1 aromatic carbocycles. The Morgan fingerprint density at radius 3 is 2.50 bits per heavy atom. The molecule has 0 spiro atoms. The van der Waals surface area contributed by atoms with Crippen molar-refractivity contribution in [2.75, 3.05) is 46.7 Å². The molecule has 26 heavy (non-hydrogen) atoms. The molecule has 0 aliphatic rings. The smallest absolute Gasteiger partial charge is 0.252 e. The van der Waals surface area contributed by atoms with Gasteiger partial charge in [0.05, 0.1) is 19.8 Å². The van der Waals surface area contributed by atoms with Crippen LogP contribution in [0.5, 0.6) is 11.5 Å². The van der Waals surface area contributed by atoms with Crippen LogP contribution in [0, 0.1) is 0 Å². The van der Waals surface area contributed by atoms with Gasteiger partial charge in [0.1, 0.15) is 5.82 Å². The molecule has 2 rings (SSSR count). The van der Waals surface area contributed by atoms with Gasteiger partial charge >= 0.3 is 0 Å². The highest BCUT2D eigenvalue weighted by Crippen LogP contribution is 2.27. The van der Waals surface area contributed by atoms with Gasteiger partial charge < -0.3 is 25.0 Å². The number of likely N-dealkylation sites (N-methyl/N-ethyl adjacent to an activating group) is 1. The lowest BCUT2D eigenvalue weighted by Crippen LogP contribution is -2.31. The van der Waals surface area contributed by atoms with E-state index in [1.54, 1.807) is 32.5 Å². The molecule has 0 fully saturated rings. The normalized spacial score (nSPS) is 10.5.